The highest BCUT2D eigenvalue weighted by molar-refractivity contribution is 6.08. The van der Waals surface area contributed by atoms with Crippen LogP contribution in [0, 0.1) is 5.92 Å². The number of imide groups is 1. The van der Waals surface area contributed by atoms with E-state index in [0.717, 1.165) is 4.90 Å². The molecule has 8 nitrogen and oxygen atoms in total. The van der Waals surface area contributed by atoms with Gasteiger partial charge < -0.3 is 10.2 Å². The maximum Gasteiger partial charge on any atom is 0.435 e. The molecule has 0 unspecified atom stereocenters. The first-order valence-electron chi connectivity index (χ1n) is 9.05. The maximum atomic E-state index is 13.1. The Balaban J connectivity index is 1.49. The lowest BCUT2D eigenvalue weighted by Gasteiger charge is -2.24. The van der Waals surface area contributed by atoms with Gasteiger partial charge in [-0.05, 0) is 32.6 Å². The predicted octanol–water partition coefficient (Wildman–Crippen LogP) is 1.25. The number of hydrogen-bond donors (Lipinski definition) is 2. The van der Waals surface area contributed by atoms with Crippen LogP contribution in [0.3, 0.4) is 0 Å². The van der Waals surface area contributed by atoms with Crippen molar-refractivity contribution in [3.8, 4) is 0 Å². The number of halogens is 3. The number of carbonyl (C=O) groups excluding carboxylic acids is 3. The van der Waals surface area contributed by atoms with Gasteiger partial charge in [0.25, 0.3) is 5.91 Å². The Labute approximate surface area is 158 Å². The van der Waals surface area contributed by atoms with Gasteiger partial charge in [0.2, 0.25) is 5.91 Å². The van der Waals surface area contributed by atoms with Gasteiger partial charge in [-0.3, -0.25) is 19.6 Å². The molecular formula is C17H20F3N5O3. The van der Waals surface area contributed by atoms with Crippen LogP contribution >= 0.6 is 0 Å². The third-order valence-corrected chi connectivity index (χ3v) is 5.84. The van der Waals surface area contributed by atoms with Crippen LogP contribution < -0.4 is 5.32 Å². The van der Waals surface area contributed by atoms with E-state index in [1.54, 1.807) is 13.8 Å². The summed E-state index contributed by atoms with van der Waals surface area (Å²) < 4.78 is 39.3. The van der Waals surface area contributed by atoms with Crippen molar-refractivity contribution in [3.05, 3.63) is 17.0 Å². The molecule has 2 saturated heterocycles. The summed E-state index contributed by atoms with van der Waals surface area (Å²) in [7, 11) is 0. The van der Waals surface area contributed by atoms with Crippen molar-refractivity contribution in [1.82, 2.24) is 25.3 Å². The first-order valence-corrected chi connectivity index (χ1v) is 9.05. The Bertz CT molecular complexity index is 863. The molecule has 2 atom stereocenters. The number of alkyl halides is 3. The Morgan fingerprint density at radius 1 is 1.29 bits per heavy atom. The second kappa shape index (κ2) is 5.95. The molecule has 2 fully saturated rings. The summed E-state index contributed by atoms with van der Waals surface area (Å²) in [5.74, 6) is -1.10. The highest BCUT2D eigenvalue weighted by atomic mass is 19.4. The fourth-order valence-corrected chi connectivity index (χ4v) is 4.39. The zero-order valence-electron chi connectivity index (χ0n) is 15.4. The summed E-state index contributed by atoms with van der Waals surface area (Å²) in [6.07, 6.45) is -3.73. The zero-order chi connectivity index (χ0) is 20.4. The van der Waals surface area contributed by atoms with Crippen LogP contribution in [-0.4, -0.2) is 63.0 Å². The van der Waals surface area contributed by atoms with Crippen molar-refractivity contribution < 1.29 is 27.6 Å². The van der Waals surface area contributed by atoms with E-state index in [9.17, 15) is 27.6 Å². The average Bonchev–Trinajstić information content (AvgIpc) is 3.24. The topological polar surface area (TPSA) is 98.4 Å². The number of nitrogens with zero attached hydrogens (tertiary/aromatic N) is 3. The number of amides is 4. The lowest BCUT2D eigenvalue weighted by atomic mass is 9.80. The van der Waals surface area contributed by atoms with Crippen LogP contribution in [0.1, 0.15) is 43.1 Å². The van der Waals surface area contributed by atoms with Gasteiger partial charge >= 0.3 is 12.2 Å². The smallest absolute Gasteiger partial charge is 0.340 e. The van der Waals surface area contributed by atoms with Gasteiger partial charge in [0.05, 0.1) is 0 Å². The standard InChI is InChI=1S/C17H20F3N5O3/c1-16(2)14(27)25(15(28)21-16)7-11(26)24-5-8-3-4-9-12(10(8)6-24)22-23-13(9)17(18,19)20/h8,10H,3-7H2,1-2H3,(H,21,28)(H,22,23)/t8-,10+/m1/s1. The molecule has 1 aliphatic carbocycles. The number of aromatic nitrogens is 2. The number of hydrogen-bond acceptors (Lipinski definition) is 4. The SMILES string of the molecule is CC1(C)NC(=O)N(CC(=O)N2C[C@H]3CCc4c(C(F)(F)F)n[nH]c4[C@H]3C2)C1=O. The molecule has 1 aromatic rings. The Morgan fingerprint density at radius 3 is 2.61 bits per heavy atom. The first kappa shape index (κ1) is 18.8. The fraction of sp³-hybridized carbons (Fsp3) is 0.647. The Hall–Kier alpha value is -2.59. The molecule has 3 aliphatic rings. The van der Waals surface area contributed by atoms with E-state index >= 15 is 0 Å². The van der Waals surface area contributed by atoms with Crippen LogP contribution in [0.15, 0.2) is 0 Å². The number of urea groups is 1. The lowest BCUT2D eigenvalue weighted by Crippen LogP contribution is -2.44. The highest BCUT2D eigenvalue weighted by Gasteiger charge is 2.48. The molecule has 28 heavy (non-hydrogen) atoms. The molecule has 0 bridgehead atoms. The van der Waals surface area contributed by atoms with Crippen LogP contribution in [0.4, 0.5) is 18.0 Å². The van der Waals surface area contributed by atoms with Gasteiger partial charge in [0.1, 0.15) is 12.1 Å². The molecule has 4 rings (SSSR count). The van der Waals surface area contributed by atoms with E-state index < -0.39 is 35.3 Å². The summed E-state index contributed by atoms with van der Waals surface area (Å²) in [4.78, 5) is 39.3. The largest absolute Gasteiger partial charge is 0.435 e. The van der Waals surface area contributed by atoms with Crippen molar-refractivity contribution in [2.75, 3.05) is 19.6 Å². The fourth-order valence-electron chi connectivity index (χ4n) is 4.39. The summed E-state index contributed by atoms with van der Waals surface area (Å²) >= 11 is 0. The van der Waals surface area contributed by atoms with Crippen molar-refractivity contribution in [1.29, 1.82) is 0 Å². The minimum Gasteiger partial charge on any atom is -0.340 e. The number of H-pyrrole nitrogens is 1. The molecular weight excluding hydrogens is 379 g/mol. The molecule has 0 radical (unpaired) electrons. The average molecular weight is 399 g/mol. The molecule has 11 heteroatoms. The number of aromatic amines is 1. The number of carbonyl (C=O) groups is 3. The molecule has 0 aromatic carbocycles. The van der Waals surface area contributed by atoms with E-state index in [2.05, 4.69) is 15.5 Å². The summed E-state index contributed by atoms with van der Waals surface area (Å²) in [6, 6.07) is -0.620. The summed E-state index contributed by atoms with van der Waals surface area (Å²) in [6.45, 7) is 3.36. The molecule has 4 amide bonds. The van der Waals surface area contributed by atoms with Crippen LogP contribution in [-0.2, 0) is 22.2 Å². The number of rotatable bonds is 2. The number of likely N-dealkylation sites (tertiary alicyclic amines) is 1. The molecule has 2 aliphatic heterocycles. The highest BCUT2D eigenvalue weighted by Crippen LogP contribution is 2.44. The van der Waals surface area contributed by atoms with E-state index in [1.165, 1.54) is 4.90 Å². The predicted molar refractivity (Wildman–Crippen MR) is 89.0 cm³/mol. The van der Waals surface area contributed by atoms with Crippen LogP contribution in [0.5, 0.6) is 0 Å². The molecule has 2 N–H and O–H groups in total. The van der Waals surface area contributed by atoms with Gasteiger partial charge in [-0.2, -0.15) is 18.3 Å². The second-order valence-electron chi connectivity index (χ2n) is 8.11. The molecule has 152 valence electrons. The van der Waals surface area contributed by atoms with Crippen LogP contribution in [0.2, 0.25) is 0 Å². The monoisotopic (exact) mass is 399 g/mol. The van der Waals surface area contributed by atoms with E-state index in [1.807, 2.05) is 0 Å². The normalized spacial score (nSPS) is 26.3. The molecule has 3 heterocycles. The quantitative estimate of drug-likeness (QED) is 0.732. The van der Waals surface area contributed by atoms with Gasteiger partial charge in [-0.25, -0.2) is 4.79 Å². The summed E-state index contributed by atoms with van der Waals surface area (Å²) in [5, 5.41) is 8.50. The molecule has 0 spiro atoms. The third kappa shape index (κ3) is 2.83. The Kier molecular flexibility index (Phi) is 3.99. The number of nitrogens with one attached hydrogen (secondary N) is 2. The number of fused-ring (bicyclic) bond motifs is 3. The molecule has 1 aromatic heterocycles. The Morgan fingerprint density at radius 2 is 2.00 bits per heavy atom. The third-order valence-electron chi connectivity index (χ3n) is 5.84. The van der Waals surface area contributed by atoms with Crippen LogP contribution in [0.25, 0.3) is 0 Å². The van der Waals surface area contributed by atoms with Crippen molar-refractivity contribution in [2.24, 2.45) is 5.92 Å². The van der Waals surface area contributed by atoms with Gasteiger partial charge in [0, 0.05) is 30.3 Å². The minimum absolute atomic E-state index is 0.0255. The lowest BCUT2D eigenvalue weighted by molar-refractivity contribution is -0.141. The maximum absolute atomic E-state index is 13.1. The minimum atomic E-state index is -4.51. The van der Waals surface area contributed by atoms with Crippen molar-refractivity contribution in [3.63, 3.8) is 0 Å². The van der Waals surface area contributed by atoms with Gasteiger partial charge in [-0.1, -0.05) is 0 Å². The van der Waals surface area contributed by atoms with E-state index in [4.69, 9.17) is 0 Å². The zero-order valence-corrected chi connectivity index (χ0v) is 15.4. The van der Waals surface area contributed by atoms with Gasteiger partial charge in [0.15, 0.2) is 5.69 Å². The van der Waals surface area contributed by atoms with Crippen molar-refractivity contribution >= 4 is 17.8 Å². The van der Waals surface area contributed by atoms with Crippen molar-refractivity contribution in [2.45, 2.75) is 44.3 Å². The molecule has 0 saturated carbocycles. The van der Waals surface area contributed by atoms with E-state index in [0.29, 0.717) is 18.7 Å². The van der Waals surface area contributed by atoms with Gasteiger partial charge in [-0.15, -0.1) is 0 Å². The first-order chi connectivity index (χ1) is 13.0. The second-order valence-corrected chi connectivity index (χ2v) is 8.11. The van der Waals surface area contributed by atoms with E-state index in [-0.39, 0.29) is 36.9 Å². The summed E-state index contributed by atoms with van der Waals surface area (Å²) in [5.41, 5.74) is -1.32.